The summed E-state index contributed by atoms with van der Waals surface area (Å²) in [6, 6.07) is 0. The van der Waals surface area contributed by atoms with E-state index in [1.54, 1.807) is 0 Å². The Morgan fingerprint density at radius 2 is 1.00 bits per heavy atom. The molecule has 0 heterocycles. The standard InChI is InChI=1S/Al.Cr.Fe.Li.4H. The summed E-state index contributed by atoms with van der Waals surface area (Å²) >= 11 is 0. The normalized spacial score (nSPS) is 0. The zero-order valence-corrected chi connectivity index (χ0v) is 3.14. The summed E-state index contributed by atoms with van der Waals surface area (Å²) < 4.78 is 0. The summed E-state index contributed by atoms with van der Waals surface area (Å²) in [5, 5.41) is 0. The van der Waals surface area contributed by atoms with Crippen molar-refractivity contribution in [3.63, 3.8) is 0 Å². The van der Waals surface area contributed by atoms with E-state index in [0.717, 1.165) is 0 Å². The molecule has 4 heteroatoms. The van der Waals surface area contributed by atoms with Crippen LogP contribution >= 0.6 is 0 Å². The second kappa shape index (κ2) is 19.0. The topological polar surface area (TPSA) is 0 Å². The molecule has 22 valence electrons. The second-order valence-electron chi connectivity index (χ2n) is 0. The van der Waals surface area contributed by atoms with Crippen LogP contribution in [0.2, 0.25) is 0 Å². The predicted molar refractivity (Wildman–Crippen MR) is 17.1 cm³/mol. The van der Waals surface area contributed by atoms with Gasteiger partial charge < -0.3 is 0 Å². The summed E-state index contributed by atoms with van der Waals surface area (Å²) in [5.74, 6) is 0. The van der Waals surface area contributed by atoms with E-state index in [1.807, 2.05) is 0 Å². The van der Waals surface area contributed by atoms with E-state index >= 15 is 0 Å². The molecule has 0 aromatic heterocycles. The Labute approximate surface area is 70.0 Å². The molecule has 0 aliphatic carbocycles. The third-order valence-electron chi connectivity index (χ3n) is 0. The fourth-order valence-electron chi connectivity index (χ4n) is 0. The molecular formula is H4AlCrFeLi. The molecular weight excluding hydrogens is 142 g/mol. The van der Waals surface area contributed by atoms with Crippen molar-refractivity contribution in [3.8, 4) is 0 Å². The van der Waals surface area contributed by atoms with Crippen molar-refractivity contribution in [3.05, 3.63) is 0 Å². The van der Waals surface area contributed by atoms with Crippen LogP contribution < -0.4 is 0 Å². The minimum absolute atomic E-state index is 0. The fraction of sp³-hybridized carbons (Fsp3) is 0. The third-order valence-corrected chi connectivity index (χ3v) is 0. The molecule has 0 saturated carbocycles. The molecule has 0 bridgehead atoms. The van der Waals surface area contributed by atoms with Gasteiger partial charge in [0.1, 0.15) is 0 Å². The van der Waals surface area contributed by atoms with Gasteiger partial charge in [-0.15, -0.1) is 0 Å². The van der Waals surface area contributed by atoms with Gasteiger partial charge in [0.15, 0.2) is 17.4 Å². The van der Waals surface area contributed by atoms with Gasteiger partial charge in [0.25, 0.3) is 0 Å². The van der Waals surface area contributed by atoms with Crippen LogP contribution in [0.1, 0.15) is 0 Å². The molecule has 0 aliphatic rings. The monoisotopic (exact) mass is 146 g/mol. The molecule has 0 amide bonds. The first-order chi connectivity index (χ1) is 0. The molecule has 0 rings (SSSR count). The second-order valence-corrected chi connectivity index (χ2v) is 0. The van der Waals surface area contributed by atoms with Gasteiger partial charge in [-0.1, -0.05) is 0 Å². The van der Waals surface area contributed by atoms with E-state index in [9.17, 15) is 0 Å². The van der Waals surface area contributed by atoms with E-state index < -0.39 is 0 Å². The number of hydrogen-bond acceptors (Lipinski definition) is 0. The average Bonchev–Trinajstić information content (AvgIpc) is 0. The maximum atomic E-state index is 0. The van der Waals surface area contributed by atoms with Gasteiger partial charge in [-0.2, -0.15) is 0 Å². The van der Waals surface area contributed by atoms with Crippen molar-refractivity contribution in [2.24, 2.45) is 0 Å². The van der Waals surface area contributed by atoms with Gasteiger partial charge in [-0.25, -0.2) is 0 Å². The molecule has 0 saturated heterocycles. The number of hydrogen-bond donors (Lipinski definition) is 0. The zero-order chi connectivity index (χ0) is 0. The maximum absolute atomic E-state index is 0. The van der Waals surface area contributed by atoms with Crippen LogP contribution in [0.15, 0.2) is 0 Å². The van der Waals surface area contributed by atoms with Crippen LogP contribution in [0.4, 0.5) is 0 Å². The minimum atomic E-state index is 0. The van der Waals surface area contributed by atoms with Crippen molar-refractivity contribution < 1.29 is 34.4 Å². The summed E-state index contributed by atoms with van der Waals surface area (Å²) in [4.78, 5) is 0. The van der Waals surface area contributed by atoms with Gasteiger partial charge in [0.05, 0.1) is 0 Å². The predicted octanol–water partition coefficient (Wildman–Crippen LogP) is -1.84. The molecule has 0 aromatic rings. The van der Waals surface area contributed by atoms with Gasteiger partial charge in [0.2, 0.25) is 0 Å². The van der Waals surface area contributed by atoms with Gasteiger partial charge in [-0.05, 0) is 0 Å². The molecule has 0 unspecified atom stereocenters. The molecule has 0 atom stereocenters. The Kier molecular flexibility index (Phi) is 166. The van der Waals surface area contributed by atoms with Gasteiger partial charge in [0, 0.05) is 34.4 Å². The van der Waals surface area contributed by atoms with Crippen molar-refractivity contribution in [2.45, 2.75) is 0 Å². The van der Waals surface area contributed by atoms with E-state index in [0.29, 0.717) is 0 Å². The first kappa shape index (κ1) is 34.9. The zero-order valence-electron chi connectivity index (χ0n) is 0.762. The van der Waals surface area contributed by atoms with Crippen molar-refractivity contribution in [2.75, 3.05) is 0 Å². The van der Waals surface area contributed by atoms with Crippen LogP contribution in [-0.4, -0.2) is 36.2 Å². The Morgan fingerprint density at radius 3 is 1.00 bits per heavy atom. The molecule has 0 N–H and O–H groups in total. The molecule has 0 spiro atoms. The molecule has 0 radical (unpaired) electrons. The first-order valence-electron chi connectivity index (χ1n) is 0. The molecule has 4 heavy (non-hydrogen) atoms. The van der Waals surface area contributed by atoms with Crippen LogP contribution in [-0.2, 0) is 34.4 Å². The third kappa shape index (κ3) is 8.89. The van der Waals surface area contributed by atoms with Crippen molar-refractivity contribution in [1.29, 1.82) is 0 Å². The van der Waals surface area contributed by atoms with Crippen molar-refractivity contribution >= 4 is 36.2 Å². The van der Waals surface area contributed by atoms with E-state index in [2.05, 4.69) is 0 Å². The quantitative estimate of drug-likeness (QED) is 0.352. The molecule has 0 aliphatic heterocycles. The van der Waals surface area contributed by atoms with Crippen LogP contribution in [0.5, 0.6) is 0 Å². The average molecular weight is 146 g/mol. The molecule has 0 fully saturated rings. The molecule has 0 aromatic carbocycles. The van der Waals surface area contributed by atoms with Crippen LogP contribution in [0.3, 0.4) is 0 Å². The Balaban J connectivity index is 0. The van der Waals surface area contributed by atoms with Crippen LogP contribution in [0, 0.1) is 0 Å². The summed E-state index contributed by atoms with van der Waals surface area (Å²) in [6.45, 7) is 0. The fourth-order valence-corrected chi connectivity index (χ4v) is 0. The van der Waals surface area contributed by atoms with Crippen molar-refractivity contribution in [1.82, 2.24) is 0 Å². The van der Waals surface area contributed by atoms with E-state index in [4.69, 9.17) is 0 Å². The summed E-state index contributed by atoms with van der Waals surface area (Å²) in [5.41, 5.74) is 0. The Bertz CT molecular complexity index is 8.00. The SMILES string of the molecule is [AlH3].[Cr].[Fe].[LiH]. The summed E-state index contributed by atoms with van der Waals surface area (Å²) in [7, 11) is 0. The Morgan fingerprint density at radius 1 is 1.00 bits per heavy atom. The molecule has 0 nitrogen and oxygen atoms in total. The van der Waals surface area contributed by atoms with E-state index in [-0.39, 0.29) is 70.7 Å². The van der Waals surface area contributed by atoms with Gasteiger partial charge >= 0.3 is 18.9 Å². The first-order valence-corrected chi connectivity index (χ1v) is 0. The number of rotatable bonds is 0. The summed E-state index contributed by atoms with van der Waals surface area (Å²) in [6.07, 6.45) is 0. The van der Waals surface area contributed by atoms with Crippen LogP contribution in [0.25, 0.3) is 0 Å². The Hall–Kier alpha value is 2.18. The van der Waals surface area contributed by atoms with E-state index in [1.165, 1.54) is 0 Å². The van der Waals surface area contributed by atoms with Gasteiger partial charge in [-0.3, -0.25) is 0 Å².